The van der Waals surface area contributed by atoms with Crippen LogP contribution < -0.4 is 4.74 Å². The molecule has 50 heavy (non-hydrogen) atoms. The average Bonchev–Trinajstić information content (AvgIpc) is 3.49. The largest absolute Gasteiger partial charge is 0.457 e. The van der Waals surface area contributed by atoms with Gasteiger partial charge in [-0.1, -0.05) is 145 Å². The molecule has 0 fully saturated rings. The van der Waals surface area contributed by atoms with E-state index in [9.17, 15) is 0 Å². The van der Waals surface area contributed by atoms with Gasteiger partial charge < -0.3 is 4.74 Å². The van der Waals surface area contributed by atoms with Crippen LogP contribution in [-0.2, 0) is 5.41 Å². The number of aromatic nitrogens is 3. The number of ether oxygens (including phenoxy) is 1. The molecular formula is C46H27N3O. The maximum atomic E-state index is 6.59. The molecule has 0 N–H and O–H groups in total. The van der Waals surface area contributed by atoms with E-state index in [4.69, 9.17) is 19.7 Å². The highest BCUT2D eigenvalue weighted by atomic mass is 16.5. The van der Waals surface area contributed by atoms with Gasteiger partial charge in [-0.05, 0) is 63.7 Å². The van der Waals surface area contributed by atoms with E-state index < -0.39 is 5.41 Å². The second kappa shape index (κ2) is 11.1. The summed E-state index contributed by atoms with van der Waals surface area (Å²) in [5, 5.41) is 0. The Morgan fingerprint density at radius 3 is 1.76 bits per heavy atom. The third kappa shape index (κ3) is 4.17. The molecule has 0 unspecified atom stereocenters. The van der Waals surface area contributed by atoms with Gasteiger partial charge in [0.25, 0.3) is 0 Å². The van der Waals surface area contributed by atoms with Gasteiger partial charge in [0.2, 0.25) is 0 Å². The van der Waals surface area contributed by atoms with E-state index >= 15 is 0 Å². The molecule has 7 aromatic rings. The van der Waals surface area contributed by atoms with Gasteiger partial charge in [0.1, 0.15) is 11.5 Å². The quantitative estimate of drug-likeness (QED) is 0.180. The molecule has 0 saturated heterocycles. The summed E-state index contributed by atoms with van der Waals surface area (Å²) in [5.41, 5.74) is 17.3. The van der Waals surface area contributed by atoms with Crippen LogP contribution in [0.25, 0.3) is 50.6 Å². The fraction of sp³-hybridized carbons (Fsp3) is 0.0217. The Bertz CT molecular complexity index is 2590. The lowest BCUT2D eigenvalue weighted by atomic mass is 9.65. The molecule has 0 radical (unpaired) electrons. The highest BCUT2D eigenvalue weighted by molar-refractivity contribution is 5.93. The number of hydrogen-bond donors (Lipinski definition) is 0. The lowest BCUT2D eigenvalue weighted by molar-refractivity contribution is 0.436. The van der Waals surface area contributed by atoms with Gasteiger partial charge in [0.15, 0.2) is 17.5 Å². The standard InChI is InChI=1S/C46H27N3O/c1-3-14-30(15-4-1)31-26-28-33(29-27-31)44-47-43(32-16-5-2-6-17-32)48-45(49-44)36-20-13-19-35-34-18-7-8-21-37(34)46(42(35)36)38-22-9-11-24-40(38)50-41-25-12-10-23-39(41)46/h1,3-5,7-29H. The topological polar surface area (TPSA) is 47.9 Å². The normalized spacial score (nSPS) is 14.0. The smallest absolute Gasteiger partial charge is 0.164 e. The third-order valence-corrected chi connectivity index (χ3v) is 9.90. The molecule has 1 aliphatic heterocycles. The number of benzene rings is 6. The fourth-order valence-corrected chi connectivity index (χ4v) is 7.78. The molecule has 0 bridgehead atoms. The molecule has 2 heterocycles. The van der Waals surface area contributed by atoms with Gasteiger partial charge in [-0.15, -0.1) is 0 Å². The highest BCUT2D eigenvalue weighted by Crippen LogP contribution is 2.63. The molecule has 4 nitrogen and oxygen atoms in total. The van der Waals surface area contributed by atoms with Crippen LogP contribution >= 0.6 is 0 Å². The first-order chi connectivity index (χ1) is 24.8. The zero-order valence-corrected chi connectivity index (χ0v) is 26.8. The third-order valence-electron chi connectivity index (χ3n) is 9.90. The number of hydrogen-bond acceptors (Lipinski definition) is 4. The zero-order valence-electron chi connectivity index (χ0n) is 26.8. The Hall–Kier alpha value is -6.83. The Labute approximate surface area is 289 Å². The number of rotatable bonds is 4. The van der Waals surface area contributed by atoms with Crippen molar-refractivity contribution in [3.05, 3.63) is 203 Å². The summed E-state index contributed by atoms with van der Waals surface area (Å²) in [7, 11) is 0. The summed E-state index contributed by atoms with van der Waals surface area (Å²) in [4.78, 5) is 15.5. The Balaban J connectivity index is 1.25. The van der Waals surface area contributed by atoms with Crippen molar-refractivity contribution in [2.45, 2.75) is 5.41 Å². The Morgan fingerprint density at radius 2 is 1.02 bits per heavy atom. The Kier molecular flexibility index (Phi) is 6.27. The van der Waals surface area contributed by atoms with E-state index in [-0.39, 0.29) is 0 Å². The van der Waals surface area contributed by atoms with Gasteiger partial charge in [-0.3, -0.25) is 0 Å². The van der Waals surface area contributed by atoms with Crippen LogP contribution in [0, 0.1) is 0 Å². The minimum Gasteiger partial charge on any atom is -0.457 e. The number of fused-ring (bicyclic) bond motifs is 9. The van der Waals surface area contributed by atoms with Crippen LogP contribution in [0.4, 0.5) is 0 Å². The number of para-hydroxylation sites is 2. The van der Waals surface area contributed by atoms with E-state index in [2.05, 4.69) is 139 Å². The van der Waals surface area contributed by atoms with Crippen molar-refractivity contribution in [2.75, 3.05) is 0 Å². The van der Waals surface area contributed by atoms with E-state index in [1.807, 2.05) is 36.4 Å². The maximum absolute atomic E-state index is 6.59. The lowest BCUT2D eigenvalue weighted by Gasteiger charge is -2.40. The second-order valence-electron chi connectivity index (χ2n) is 12.6. The maximum Gasteiger partial charge on any atom is 0.164 e. The van der Waals surface area contributed by atoms with E-state index in [0.29, 0.717) is 17.5 Å². The first-order valence-corrected chi connectivity index (χ1v) is 16.7. The lowest BCUT2D eigenvalue weighted by Crippen LogP contribution is -2.32. The van der Waals surface area contributed by atoms with Crippen LogP contribution in [0.3, 0.4) is 0 Å². The number of allylic oxidation sites excluding steroid dienone is 4. The average molecular weight is 638 g/mol. The minimum absolute atomic E-state index is 0.581. The molecular weight excluding hydrogens is 611 g/mol. The van der Waals surface area contributed by atoms with Gasteiger partial charge >= 0.3 is 0 Å². The first-order valence-electron chi connectivity index (χ1n) is 16.7. The van der Waals surface area contributed by atoms with Gasteiger partial charge in [-0.2, -0.15) is 0 Å². The van der Waals surface area contributed by atoms with Crippen LogP contribution in [-0.4, -0.2) is 15.0 Å². The van der Waals surface area contributed by atoms with Crippen LogP contribution in [0.5, 0.6) is 11.5 Å². The van der Waals surface area contributed by atoms with Crippen molar-refractivity contribution in [1.29, 1.82) is 0 Å². The first kappa shape index (κ1) is 28.2. The summed E-state index contributed by atoms with van der Waals surface area (Å²) in [6.07, 6.45) is 5.68. The molecule has 3 aliphatic rings. The summed E-state index contributed by atoms with van der Waals surface area (Å²) in [5.74, 6) is 3.48. The molecule has 10 rings (SSSR count). The Morgan fingerprint density at radius 1 is 0.440 bits per heavy atom. The van der Waals surface area contributed by atoms with Crippen LogP contribution in [0.15, 0.2) is 175 Å². The predicted molar refractivity (Wildman–Crippen MR) is 198 cm³/mol. The van der Waals surface area contributed by atoms with Crippen molar-refractivity contribution < 1.29 is 4.74 Å². The zero-order chi connectivity index (χ0) is 33.1. The summed E-state index contributed by atoms with van der Waals surface area (Å²) in [6.45, 7) is 0. The van der Waals surface area contributed by atoms with Crippen molar-refractivity contribution in [2.24, 2.45) is 0 Å². The summed E-state index contributed by atoms with van der Waals surface area (Å²) in [6, 6.07) is 50.8. The monoisotopic (exact) mass is 637 g/mol. The van der Waals surface area contributed by atoms with Crippen molar-refractivity contribution in [3.8, 4) is 56.5 Å². The fourth-order valence-electron chi connectivity index (χ4n) is 7.78. The number of nitrogens with zero attached hydrogens (tertiary/aromatic N) is 3. The molecule has 0 amide bonds. The van der Waals surface area contributed by atoms with Crippen LogP contribution in [0.1, 0.15) is 28.1 Å². The molecule has 0 saturated carbocycles. The van der Waals surface area contributed by atoms with E-state index in [1.165, 1.54) is 11.1 Å². The molecule has 2 aliphatic carbocycles. The second-order valence-corrected chi connectivity index (χ2v) is 12.6. The van der Waals surface area contributed by atoms with Gasteiger partial charge in [-0.25, -0.2) is 15.0 Å². The van der Waals surface area contributed by atoms with E-state index in [1.54, 1.807) is 0 Å². The van der Waals surface area contributed by atoms with Gasteiger partial charge in [0.05, 0.1) is 5.41 Å². The molecule has 6 aromatic carbocycles. The molecule has 1 aromatic heterocycles. The van der Waals surface area contributed by atoms with Gasteiger partial charge in [0, 0.05) is 27.8 Å². The SMILES string of the molecule is C1=C=CC(c2nc(-c3ccc(-c4ccccc4)cc3)nc(-c3cccc4c3C3(c5ccccc5Oc5ccccc53)c3ccccc3-4)n2)=CC=1. The highest BCUT2D eigenvalue weighted by Gasteiger charge is 2.52. The van der Waals surface area contributed by atoms with Crippen LogP contribution in [0.2, 0.25) is 0 Å². The predicted octanol–water partition coefficient (Wildman–Crippen LogP) is 10.6. The van der Waals surface area contributed by atoms with Crippen molar-refractivity contribution >= 4 is 5.57 Å². The van der Waals surface area contributed by atoms with E-state index in [0.717, 1.165) is 61.6 Å². The minimum atomic E-state index is -0.659. The molecule has 4 heteroatoms. The van der Waals surface area contributed by atoms with Crippen molar-refractivity contribution in [1.82, 2.24) is 15.0 Å². The molecule has 0 atom stereocenters. The summed E-state index contributed by atoms with van der Waals surface area (Å²) >= 11 is 0. The molecule has 232 valence electrons. The summed E-state index contributed by atoms with van der Waals surface area (Å²) < 4.78 is 6.59. The molecule has 1 spiro atoms. The van der Waals surface area contributed by atoms with Crippen molar-refractivity contribution in [3.63, 3.8) is 0 Å².